The number of nitrogens with zero attached hydrogens (tertiary/aromatic N) is 1. The molecule has 0 amide bonds. The third-order valence-corrected chi connectivity index (χ3v) is 5.34. The van der Waals surface area contributed by atoms with Crippen molar-refractivity contribution < 1.29 is 5.11 Å². The predicted octanol–water partition coefficient (Wildman–Crippen LogP) is 3.33. The van der Waals surface area contributed by atoms with E-state index in [0.29, 0.717) is 5.75 Å². The molecule has 0 saturated carbocycles. The van der Waals surface area contributed by atoms with Gasteiger partial charge in [0.2, 0.25) is 0 Å². The molecule has 0 bridgehead atoms. The summed E-state index contributed by atoms with van der Waals surface area (Å²) in [6.07, 6.45) is 4.96. The summed E-state index contributed by atoms with van der Waals surface area (Å²) in [6, 6.07) is 6.00. The maximum Gasteiger partial charge on any atom is 0.115 e. The molecule has 19 heavy (non-hydrogen) atoms. The Morgan fingerprint density at radius 3 is 3.05 bits per heavy atom. The molecule has 0 spiro atoms. The Morgan fingerprint density at radius 2 is 2.26 bits per heavy atom. The quantitative estimate of drug-likeness (QED) is 0.880. The van der Waals surface area contributed by atoms with Crippen LogP contribution in [0.1, 0.15) is 44.2 Å². The summed E-state index contributed by atoms with van der Waals surface area (Å²) in [5.74, 6) is 1.18. The normalized spacial score (nSPS) is 30.7. The van der Waals surface area contributed by atoms with E-state index in [9.17, 15) is 5.11 Å². The van der Waals surface area contributed by atoms with Gasteiger partial charge in [0.25, 0.3) is 0 Å². The van der Waals surface area contributed by atoms with Crippen molar-refractivity contribution in [1.29, 1.82) is 0 Å². The zero-order chi connectivity index (χ0) is 13.5. The van der Waals surface area contributed by atoms with Crippen molar-refractivity contribution in [2.45, 2.75) is 44.9 Å². The average Bonchev–Trinajstić information content (AvgIpc) is 2.40. The number of fused-ring (bicyclic) bond motifs is 3. The van der Waals surface area contributed by atoms with Crippen molar-refractivity contribution in [3.63, 3.8) is 0 Å². The molecule has 1 aliphatic heterocycles. The van der Waals surface area contributed by atoms with E-state index in [-0.39, 0.29) is 5.41 Å². The molecular weight excluding hydrogens is 234 g/mol. The smallest absolute Gasteiger partial charge is 0.115 e. The minimum Gasteiger partial charge on any atom is -0.508 e. The number of rotatable bonds is 2. The van der Waals surface area contributed by atoms with Gasteiger partial charge in [-0.15, -0.1) is 0 Å². The lowest BCUT2D eigenvalue weighted by molar-refractivity contribution is 0.0873. The van der Waals surface area contributed by atoms with Gasteiger partial charge >= 0.3 is 0 Å². The summed E-state index contributed by atoms with van der Waals surface area (Å²) in [6.45, 7) is 8.36. The number of phenolic OH excluding ortho intramolecular Hbond substituents is 1. The van der Waals surface area contributed by atoms with Gasteiger partial charge in [-0.05, 0) is 73.4 Å². The van der Waals surface area contributed by atoms with E-state index in [1.807, 2.05) is 12.1 Å². The molecule has 1 saturated heterocycles. The van der Waals surface area contributed by atoms with Gasteiger partial charge in [0.1, 0.15) is 5.75 Å². The summed E-state index contributed by atoms with van der Waals surface area (Å²) in [5.41, 5.74) is 3.15. The first-order valence-electron chi connectivity index (χ1n) is 7.68. The van der Waals surface area contributed by atoms with Crippen LogP contribution in [-0.2, 0) is 11.8 Å². The number of aromatic hydroxyl groups is 1. The third-order valence-electron chi connectivity index (χ3n) is 5.34. The molecule has 0 radical (unpaired) electrons. The highest BCUT2D eigenvalue weighted by atomic mass is 16.3. The second kappa shape index (κ2) is 4.82. The third kappa shape index (κ3) is 2.16. The molecule has 1 fully saturated rings. The summed E-state index contributed by atoms with van der Waals surface area (Å²) >= 11 is 0. The fraction of sp³-hybridized carbons (Fsp3) is 0.647. The first-order chi connectivity index (χ1) is 9.13. The maximum absolute atomic E-state index is 9.82. The molecule has 1 aromatic rings. The predicted molar refractivity (Wildman–Crippen MR) is 78.6 cm³/mol. The van der Waals surface area contributed by atoms with E-state index < -0.39 is 0 Å². The molecule has 2 nitrogen and oxygen atoms in total. The number of likely N-dealkylation sites (tertiary alicyclic amines) is 1. The molecule has 1 aromatic carbocycles. The first-order valence-corrected chi connectivity index (χ1v) is 7.68. The highest BCUT2D eigenvalue weighted by molar-refractivity contribution is 5.42. The summed E-state index contributed by atoms with van der Waals surface area (Å²) in [4.78, 5) is 2.63. The fourth-order valence-corrected chi connectivity index (χ4v) is 4.13. The van der Waals surface area contributed by atoms with Crippen molar-refractivity contribution in [2.24, 2.45) is 5.92 Å². The Labute approximate surface area is 116 Å². The molecule has 0 unspecified atom stereocenters. The van der Waals surface area contributed by atoms with Crippen molar-refractivity contribution in [3.8, 4) is 5.75 Å². The van der Waals surface area contributed by atoms with Crippen molar-refractivity contribution in [3.05, 3.63) is 29.3 Å². The number of hydrogen-bond donors (Lipinski definition) is 1. The Kier molecular flexibility index (Phi) is 3.30. The van der Waals surface area contributed by atoms with Crippen LogP contribution in [0.15, 0.2) is 18.2 Å². The topological polar surface area (TPSA) is 23.5 Å². The van der Waals surface area contributed by atoms with Crippen molar-refractivity contribution in [2.75, 3.05) is 19.6 Å². The monoisotopic (exact) mass is 259 g/mol. The van der Waals surface area contributed by atoms with Gasteiger partial charge < -0.3 is 10.0 Å². The van der Waals surface area contributed by atoms with Crippen LogP contribution in [0, 0.1) is 5.92 Å². The van der Waals surface area contributed by atoms with Gasteiger partial charge in [0, 0.05) is 6.54 Å². The number of benzene rings is 1. The lowest BCUT2D eigenvalue weighted by atomic mass is 9.61. The lowest BCUT2D eigenvalue weighted by Gasteiger charge is -2.50. The van der Waals surface area contributed by atoms with E-state index >= 15 is 0 Å². The summed E-state index contributed by atoms with van der Waals surface area (Å²) in [5, 5.41) is 9.82. The van der Waals surface area contributed by atoms with Gasteiger partial charge in [-0.1, -0.05) is 19.9 Å². The SMILES string of the molecule is CCCN1CC[C@@]2(C)c3cc(O)ccc3CC[C@H]2C1. The molecule has 104 valence electrons. The van der Waals surface area contributed by atoms with Gasteiger partial charge in [-0.2, -0.15) is 0 Å². The summed E-state index contributed by atoms with van der Waals surface area (Å²) < 4.78 is 0. The van der Waals surface area contributed by atoms with Gasteiger partial charge in [-0.25, -0.2) is 0 Å². The number of aryl methyl sites for hydroxylation is 1. The minimum absolute atomic E-state index is 0.274. The second-order valence-electron chi connectivity index (χ2n) is 6.55. The molecule has 2 aliphatic rings. The zero-order valence-electron chi connectivity index (χ0n) is 12.2. The average molecular weight is 259 g/mol. The molecule has 0 aromatic heterocycles. The van der Waals surface area contributed by atoms with E-state index in [1.165, 1.54) is 56.4 Å². The van der Waals surface area contributed by atoms with Gasteiger partial charge in [0.05, 0.1) is 0 Å². The van der Waals surface area contributed by atoms with Crippen LogP contribution in [0.25, 0.3) is 0 Å². The molecule has 1 N–H and O–H groups in total. The second-order valence-corrected chi connectivity index (χ2v) is 6.55. The van der Waals surface area contributed by atoms with Crippen LogP contribution in [0.4, 0.5) is 0 Å². The standard InChI is InChI=1S/C17H25NO/c1-3-9-18-10-8-17(2)14(12-18)6-4-13-5-7-15(19)11-16(13)17/h5,7,11,14,19H,3-4,6,8-10,12H2,1-2H3/t14-,17+/m0/s1. The zero-order valence-corrected chi connectivity index (χ0v) is 12.2. The van der Waals surface area contributed by atoms with Crippen molar-refractivity contribution in [1.82, 2.24) is 4.90 Å². The maximum atomic E-state index is 9.82. The molecule has 2 atom stereocenters. The lowest BCUT2D eigenvalue weighted by Crippen LogP contribution is -2.50. The largest absolute Gasteiger partial charge is 0.508 e. The fourth-order valence-electron chi connectivity index (χ4n) is 4.13. The minimum atomic E-state index is 0.274. The Hall–Kier alpha value is -1.02. The molecule has 1 aliphatic carbocycles. The van der Waals surface area contributed by atoms with Crippen LogP contribution in [0.3, 0.4) is 0 Å². The highest BCUT2D eigenvalue weighted by Gasteiger charge is 2.43. The van der Waals surface area contributed by atoms with E-state index in [2.05, 4.69) is 24.8 Å². The van der Waals surface area contributed by atoms with Gasteiger partial charge in [-0.3, -0.25) is 0 Å². The Balaban J connectivity index is 1.91. The first kappa shape index (κ1) is 13.0. The molecule has 3 rings (SSSR count). The van der Waals surface area contributed by atoms with Gasteiger partial charge in [0.15, 0.2) is 0 Å². The number of phenols is 1. The molecular formula is C17H25NO. The number of hydrogen-bond acceptors (Lipinski definition) is 2. The van der Waals surface area contributed by atoms with Crippen LogP contribution in [0.5, 0.6) is 5.75 Å². The van der Waals surface area contributed by atoms with Crippen LogP contribution < -0.4 is 0 Å². The van der Waals surface area contributed by atoms with Crippen LogP contribution in [-0.4, -0.2) is 29.6 Å². The summed E-state index contributed by atoms with van der Waals surface area (Å²) in [7, 11) is 0. The molecule has 1 heterocycles. The highest BCUT2D eigenvalue weighted by Crippen LogP contribution is 2.47. The van der Waals surface area contributed by atoms with E-state index in [1.54, 1.807) is 0 Å². The van der Waals surface area contributed by atoms with E-state index in [0.717, 1.165) is 5.92 Å². The molecule has 2 heteroatoms. The van der Waals surface area contributed by atoms with Crippen molar-refractivity contribution >= 4 is 0 Å². The van der Waals surface area contributed by atoms with Crippen LogP contribution >= 0.6 is 0 Å². The Bertz CT molecular complexity index is 470. The number of piperidine rings is 1. The van der Waals surface area contributed by atoms with E-state index in [4.69, 9.17) is 0 Å². The Morgan fingerprint density at radius 1 is 1.42 bits per heavy atom. The van der Waals surface area contributed by atoms with Crippen LogP contribution in [0.2, 0.25) is 0 Å².